The fourth-order valence-electron chi connectivity index (χ4n) is 2.16. The van der Waals surface area contributed by atoms with Crippen molar-refractivity contribution in [3.63, 3.8) is 0 Å². The molecule has 0 aromatic carbocycles. The number of likely N-dealkylation sites (tertiary alicyclic amines) is 1. The van der Waals surface area contributed by atoms with Crippen molar-refractivity contribution in [1.29, 1.82) is 0 Å². The zero-order chi connectivity index (χ0) is 17.1. The highest BCUT2D eigenvalue weighted by atomic mass is 16.6. The number of likely N-dealkylation sites (N-methyl/N-ethyl adjacent to an activating group) is 1. The van der Waals surface area contributed by atoms with Gasteiger partial charge in [0, 0.05) is 18.6 Å². The number of carbonyl (C=O) groups is 2. The van der Waals surface area contributed by atoms with Crippen LogP contribution in [-0.2, 0) is 9.53 Å². The number of carbonyl (C=O) groups excluding carboxylic acids is 2. The molecular weight excluding hydrogens is 282 g/mol. The molecule has 1 unspecified atom stereocenters. The molecule has 1 aliphatic heterocycles. The summed E-state index contributed by atoms with van der Waals surface area (Å²) < 4.78 is 5.38. The van der Waals surface area contributed by atoms with Crippen molar-refractivity contribution >= 4 is 12.0 Å². The van der Waals surface area contributed by atoms with Gasteiger partial charge in [0.05, 0.1) is 0 Å². The van der Waals surface area contributed by atoms with Crippen molar-refractivity contribution in [2.45, 2.75) is 64.6 Å². The third-order valence-corrected chi connectivity index (χ3v) is 4.09. The Morgan fingerprint density at radius 3 is 2.32 bits per heavy atom. The van der Waals surface area contributed by atoms with Crippen molar-refractivity contribution in [3.8, 4) is 0 Å². The van der Waals surface area contributed by atoms with E-state index >= 15 is 0 Å². The van der Waals surface area contributed by atoms with Crippen LogP contribution in [-0.4, -0.2) is 66.2 Å². The van der Waals surface area contributed by atoms with Gasteiger partial charge in [-0.1, -0.05) is 0 Å². The second kappa shape index (κ2) is 6.86. The number of ether oxygens (including phenoxy) is 1. The quantitative estimate of drug-likeness (QED) is 0.860. The van der Waals surface area contributed by atoms with E-state index in [1.807, 2.05) is 34.9 Å². The van der Waals surface area contributed by atoms with Crippen LogP contribution in [0.3, 0.4) is 0 Å². The minimum atomic E-state index is -0.548. The van der Waals surface area contributed by atoms with Crippen LogP contribution in [0.25, 0.3) is 0 Å². The summed E-state index contributed by atoms with van der Waals surface area (Å²) in [5.74, 6) is -0.0988. The molecular formula is C16H31N3O3. The maximum atomic E-state index is 12.4. The van der Waals surface area contributed by atoms with E-state index in [0.29, 0.717) is 19.5 Å². The third kappa shape index (κ3) is 5.16. The highest BCUT2D eigenvalue weighted by molar-refractivity contribution is 5.86. The smallest absolute Gasteiger partial charge is 0.410 e. The first-order valence-electron chi connectivity index (χ1n) is 7.89. The second-order valence-corrected chi connectivity index (χ2v) is 7.76. The number of nitrogens with zero attached hydrogens (tertiary/aromatic N) is 2. The molecule has 0 saturated carbocycles. The van der Waals surface area contributed by atoms with Crippen molar-refractivity contribution in [2.75, 3.05) is 27.2 Å². The molecule has 1 N–H and O–H groups in total. The molecule has 0 aromatic rings. The van der Waals surface area contributed by atoms with Crippen LogP contribution >= 0.6 is 0 Å². The van der Waals surface area contributed by atoms with E-state index in [9.17, 15) is 9.59 Å². The van der Waals surface area contributed by atoms with E-state index in [2.05, 4.69) is 24.1 Å². The standard InChI is InChI=1S/C16H31N3O3/c1-15(2,3)22-14(21)19-10-8-9-12(19)13(20)17-11-16(4,5)18(6)7/h12H,8-11H2,1-7H3,(H,17,20). The normalized spacial score (nSPS) is 19.5. The molecule has 22 heavy (non-hydrogen) atoms. The summed E-state index contributed by atoms with van der Waals surface area (Å²) in [5.41, 5.74) is -0.682. The van der Waals surface area contributed by atoms with Gasteiger partial charge in [-0.05, 0) is 61.6 Å². The molecule has 0 bridgehead atoms. The zero-order valence-electron chi connectivity index (χ0n) is 15.0. The van der Waals surface area contributed by atoms with Crippen LogP contribution in [0.4, 0.5) is 4.79 Å². The molecule has 128 valence electrons. The van der Waals surface area contributed by atoms with Gasteiger partial charge in [-0.2, -0.15) is 0 Å². The predicted octanol–water partition coefficient (Wildman–Crippen LogP) is 1.84. The second-order valence-electron chi connectivity index (χ2n) is 7.76. The summed E-state index contributed by atoms with van der Waals surface area (Å²) in [7, 11) is 3.96. The van der Waals surface area contributed by atoms with Gasteiger partial charge in [0.2, 0.25) is 5.91 Å². The van der Waals surface area contributed by atoms with Crippen LogP contribution in [0.2, 0.25) is 0 Å². The Morgan fingerprint density at radius 1 is 1.23 bits per heavy atom. The topological polar surface area (TPSA) is 61.9 Å². The number of amides is 2. The number of rotatable bonds is 4. The van der Waals surface area contributed by atoms with E-state index in [0.717, 1.165) is 6.42 Å². The molecule has 1 atom stereocenters. The fourth-order valence-corrected chi connectivity index (χ4v) is 2.16. The molecule has 6 heteroatoms. The predicted molar refractivity (Wildman–Crippen MR) is 86.7 cm³/mol. The number of nitrogens with one attached hydrogen (secondary N) is 1. The Balaban J connectivity index is 2.63. The Hall–Kier alpha value is -1.30. The van der Waals surface area contributed by atoms with E-state index < -0.39 is 17.7 Å². The lowest BCUT2D eigenvalue weighted by atomic mass is 10.0. The summed E-state index contributed by atoms with van der Waals surface area (Å²) >= 11 is 0. The summed E-state index contributed by atoms with van der Waals surface area (Å²) in [6.07, 6.45) is 1.11. The van der Waals surface area contributed by atoms with Gasteiger partial charge in [0.25, 0.3) is 0 Å². The lowest BCUT2D eigenvalue weighted by molar-refractivity contribution is -0.126. The van der Waals surface area contributed by atoms with Crippen molar-refractivity contribution < 1.29 is 14.3 Å². The Kier molecular flexibility index (Phi) is 5.84. The molecule has 1 aliphatic rings. The van der Waals surface area contributed by atoms with Gasteiger partial charge in [0.15, 0.2) is 0 Å². The number of hydrogen-bond acceptors (Lipinski definition) is 4. The number of hydrogen-bond donors (Lipinski definition) is 1. The molecule has 2 amide bonds. The highest BCUT2D eigenvalue weighted by Crippen LogP contribution is 2.21. The van der Waals surface area contributed by atoms with Crippen LogP contribution in [0.5, 0.6) is 0 Å². The molecule has 1 fully saturated rings. The first kappa shape index (κ1) is 18.7. The van der Waals surface area contributed by atoms with Crippen LogP contribution in [0, 0.1) is 0 Å². The molecule has 0 spiro atoms. The van der Waals surface area contributed by atoms with E-state index in [1.54, 1.807) is 4.90 Å². The lowest BCUT2D eigenvalue weighted by Gasteiger charge is -2.34. The SMILES string of the molecule is CN(C)C(C)(C)CNC(=O)C1CCCN1C(=O)OC(C)(C)C. The minimum Gasteiger partial charge on any atom is -0.444 e. The van der Waals surface area contributed by atoms with Gasteiger partial charge in [-0.3, -0.25) is 9.69 Å². The Morgan fingerprint density at radius 2 is 1.82 bits per heavy atom. The van der Waals surface area contributed by atoms with Crippen molar-refractivity contribution in [3.05, 3.63) is 0 Å². The average Bonchev–Trinajstić information content (AvgIpc) is 2.83. The van der Waals surface area contributed by atoms with E-state index in [1.165, 1.54) is 0 Å². The van der Waals surface area contributed by atoms with Gasteiger partial charge in [0.1, 0.15) is 11.6 Å². The molecule has 1 heterocycles. The van der Waals surface area contributed by atoms with Crippen molar-refractivity contribution in [2.24, 2.45) is 0 Å². The van der Waals surface area contributed by atoms with Crippen LogP contribution < -0.4 is 5.32 Å². The van der Waals surface area contributed by atoms with Gasteiger partial charge in [-0.25, -0.2) is 4.79 Å². The molecule has 6 nitrogen and oxygen atoms in total. The largest absolute Gasteiger partial charge is 0.444 e. The Bertz CT molecular complexity index is 413. The molecule has 0 radical (unpaired) electrons. The summed E-state index contributed by atoms with van der Waals surface area (Å²) in [4.78, 5) is 28.2. The van der Waals surface area contributed by atoms with Crippen molar-refractivity contribution in [1.82, 2.24) is 15.1 Å². The van der Waals surface area contributed by atoms with E-state index in [4.69, 9.17) is 4.74 Å². The maximum absolute atomic E-state index is 12.4. The summed E-state index contributed by atoms with van der Waals surface area (Å²) in [6.45, 7) is 10.7. The Labute approximate surface area is 134 Å². The lowest BCUT2D eigenvalue weighted by Crippen LogP contribution is -2.53. The maximum Gasteiger partial charge on any atom is 0.410 e. The third-order valence-electron chi connectivity index (χ3n) is 4.09. The zero-order valence-corrected chi connectivity index (χ0v) is 15.0. The average molecular weight is 313 g/mol. The fraction of sp³-hybridized carbons (Fsp3) is 0.875. The molecule has 1 rings (SSSR count). The summed E-state index contributed by atoms with van der Waals surface area (Å²) in [5, 5.41) is 2.96. The van der Waals surface area contributed by atoms with E-state index in [-0.39, 0.29) is 11.4 Å². The van der Waals surface area contributed by atoms with Crippen LogP contribution in [0.15, 0.2) is 0 Å². The van der Waals surface area contributed by atoms with Gasteiger partial charge in [-0.15, -0.1) is 0 Å². The first-order chi connectivity index (χ1) is 9.94. The van der Waals surface area contributed by atoms with Crippen LogP contribution in [0.1, 0.15) is 47.5 Å². The molecule has 0 aromatic heterocycles. The van der Waals surface area contributed by atoms with Gasteiger partial charge >= 0.3 is 6.09 Å². The molecule has 1 saturated heterocycles. The first-order valence-corrected chi connectivity index (χ1v) is 7.89. The summed E-state index contributed by atoms with van der Waals surface area (Å²) in [6, 6.07) is -0.423. The van der Waals surface area contributed by atoms with Gasteiger partial charge < -0.3 is 15.0 Å². The highest BCUT2D eigenvalue weighted by Gasteiger charge is 2.37. The monoisotopic (exact) mass is 313 g/mol. The molecule has 0 aliphatic carbocycles. The minimum absolute atomic E-state index is 0.0988.